The highest BCUT2D eigenvalue weighted by Gasteiger charge is 2.57. The molecule has 0 radical (unpaired) electrons. The van der Waals surface area contributed by atoms with E-state index in [0.29, 0.717) is 17.4 Å². The maximum atomic E-state index is 11.7. The average Bonchev–Trinajstić information content (AvgIpc) is 2.77. The monoisotopic (exact) mass is 262 g/mol. The lowest BCUT2D eigenvalue weighted by atomic mass is 9.66. The standard InChI is InChI=1S/C16H22O3/c1-8-7-12-13(10(3)15(18)19-12)14(17)16(4)9(2)5-6-11(8)16/h5,8,11-14,17H,3,6-7H2,1-2,4H3. The fourth-order valence-electron chi connectivity index (χ4n) is 4.48. The Kier molecular flexibility index (Phi) is 2.69. The van der Waals surface area contributed by atoms with Gasteiger partial charge in [-0.3, -0.25) is 0 Å². The summed E-state index contributed by atoms with van der Waals surface area (Å²) in [6.45, 7) is 10.3. The van der Waals surface area contributed by atoms with Gasteiger partial charge in [0, 0.05) is 11.0 Å². The molecule has 2 aliphatic carbocycles. The van der Waals surface area contributed by atoms with Crippen LogP contribution in [0.15, 0.2) is 23.8 Å². The number of esters is 1. The minimum absolute atomic E-state index is 0.194. The number of aliphatic hydroxyl groups excluding tert-OH is 1. The van der Waals surface area contributed by atoms with Crippen molar-refractivity contribution in [2.45, 2.75) is 45.8 Å². The van der Waals surface area contributed by atoms with E-state index in [-0.39, 0.29) is 23.4 Å². The Hall–Kier alpha value is -1.09. The predicted molar refractivity (Wildman–Crippen MR) is 72.3 cm³/mol. The van der Waals surface area contributed by atoms with Crippen LogP contribution in [-0.4, -0.2) is 23.3 Å². The van der Waals surface area contributed by atoms with Gasteiger partial charge in [0.2, 0.25) is 0 Å². The van der Waals surface area contributed by atoms with Gasteiger partial charge in [-0.25, -0.2) is 4.79 Å². The predicted octanol–water partition coefficient (Wildman–Crippen LogP) is 2.46. The lowest BCUT2D eigenvalue weighted by molar-refractivity contribution is -0.139. The van der Waals surface area contributed by atoms with Crippen LogP contribution >= 0.6 is 0 Å². The zero-order valence-electron chi connectivity index (χ0n) is 11.8. The largest absolute Gasteiger partial charge is 0.458 e. The van der Waals surface area contributed by atoms with Gasteiger partial charge in [-0.15, -0.1) is 0 Å². The van der Waals surface area contributed by atoms with Gasteiger partial charge < -0.3 is 9.84 Å². The molecule has 0 bridgehead atoms. The summed E-state index contributed by atoms with van der Waals surface area (Å²) in [5, 5.41) is 10.9. The van der Waals surface area contributed by atoms with Crippen molar-refractivity contribution in [3.8, 4) is 0 Å². The van der Waals surface area contributed by atoms with E-state index < -0.39 is 6.10 Å². The molecule has 104 valence electrons. The molecule has 19 heavy (non-hydrogen) atoms. The van der Waals surface area contributed by atoms with Gasteiger partial charge in [0.1, 0.15) is 6.10 Å². The molecule has 2 fully saturated rings. The van der Waals surface area contributed by atoms with E-state index in [2.05, 4.69) is 33.4 Å². The molecule has 1 N–H and O–H groups in total. The molecule has 1 saturated carbocycles. The van der Waals surface area contributed by atoms with Crippen molar-refractivity contribution in [1.29, 1.82) is 0 Å². The first-order valence-electron chi connectivity index (χ1n) is 7.12. The van der Waals surface area contributed by atoms with Crippen LogP contribution in [0.25, 0.3) is 0 Å². The zero-order chi connectivity index (χ0) is 13.9. The number of rotatable bonds is 0. The maximum absolute atomic E-state index is 11.7. The average molecular weight is 262 g/mol. The second kappa shape index (κ2) is 3.95. The number of ether oxygens (including phenoxy) is 1. The van der Waals surface area contributed by atoms with E-state index >= 15 is 0 Å². The van der Waals surface area contributed by atoms with E-state index in [1.54, 1.807) is 0 Å². The molecule has 0 spiro atoms. The third-order valence-corrected chi connectivity index (χ3v) is 5.87. The number of aliphatic hydroxyl groups is 1. The molecule has 3 nitrogen and oxygen atoms in total. The molecule has 3 aliphatic rings. The van der Waals surface area contributed by atoms with Gasteiger partial charge in [0.25, 0.3) is 0 Å². The van der Waals surface area contributed by atoms with Gasteiger partial charge in [0.15, 0.2) is 0 Å². The second-order valence-electron chi connectivity index (χ2n) is 6.66. The minimum Gasteiger partial charge on any atom is -0.458 e. The third kappa shape index (κ3) is 1.51. The summed E-state index contributed by atoms with van der Waals surface area (Å²) < 4.78 is 5.43. The molecule has 0 amide bonds. The highest BCUT2D eigenvalue weighted by Crippen LogP contribution is 2.56. The molecule has 6 atom stereocenters. The number of carbonyl (C=O) groups excluding carboxylic acids is 1. The van der Waals surface area contributed by atoms with Crippen molar-refractivity contribution in [3.05, 3.63) is 23.8 Å². The van der Waals surface area contributed by atoms with Crippen LogP contribution in [0.1, 0.15) is 33.6 Å². The Bertz CT molecular complexity index is 478. The van der Waals surface area contributed by atoms with Crippen LogP contribution in [0.2, 0.25) is 0 Å². The zero-order valence-corrected chi connectivity index (χ0v) is 11.8. The smallest absolute Gasteiger partial charge is 0.334 e. The molecule has 1 saturated heterocycles. The number of allylic oxidation sites excluding steroid dienone is 1. The fraction of sp³-hybridized carbons (Fsp3) is 0.688. The number of hydrogen-bond acceptors (Lipinski definition) is 3. The second-order valence-corrected chi connectivity index (χ2v) is 6.66. The van der Waals surface area contributed by atoms with Gasteiger partial charge in [-0.05, 0) is 31.6 Å². The summed E-state index contributed by atoms with van der Waals surface area (Å²) in [6.07, 6.45) is 3.31. The van der Waals surface area contributed by atoms with Crippen molar-refractivity contribution in [2.24, 2.45) is 23.2 Å². The summed E-state index contributed by atoms with van der Waals surface area (Å²) in [6, 6.07) is 0. The first-order valence-corrected chi connectivity index (χ1v) is 7.12. The molecule has 0 aromatic rings. The first kappa shape index (κ1) is 12.9. The molecule has 1 heterocycles. The Morgan fingerprint density at radius 3 is 2.89 bits per heavy atom. The summed E-state index contributed by atoms with van der Waals surface area (Å²) in [5.74, 6) is 0.288. The van der Waals surface area contributed by atoms with Crippen molar-refractivity contribution >= 4 is 5.97 Å². The Morgan fingerprint density at radius 2 is 2.21 bits per heavy atom. The van der Waals surface area contributed by atoms with E-state index in [4.69, 9.17) is 4.74 Å². The van der Waals surface area contributed by atoms with Gasteiger partial charge in [-0.2, -0.15) is 0 Å². The van der Waals surface area contributed by atoms with Gasteiger partial charge in [0.05, 0.1) is 12.0 Å². The maximum Gasteiger partial charge on any atom is 0.334 e. The minimum atomic E-state index is -0.579. The molecule has 0 aromatic heterocycles. The summed E-state index contributed by atoms with van der Waals surface area (Å²) >= 11 is 0. The molecular formula is C16H22O3. The van der Waals surface area contributed by atoms with Crippen molar-refractivity contribution in [3.63, 3.8) is 0 Å². The normalized spacial score (nSPS) is 49.3. The lowest BCUT2D eigenvalue weighted by Gasteiger charge is -2.40. The summed E-state index contributed by atoms with van der Waals surface area (Å²) in [4.78, 5) is 11.7. The van der Waals surface area contributed by atoms with E-state index in [1.807, 2.05) is 0 Å². The summed E-state index contributed by atoms with van der Waals surface area (Å²) in [7, 11) is 0. The van der Waals surface area contributed by atoms with Crippen molar-refractivity contribution in [1.82, 2.24) is 0 Å². The lowest BCUT2D eigenvalue weighted by Crippen LogP contribution is -2.43. The van der Waals surface area contributed by atoms with Crippen LogP contribution in [0.3, 0.4) is 0 Å². The van der Waals surface area contributed by atoms with Crippen molar-refractivity contribution in [2.75, 3.05) is 0 Å². The molecular weight excluding hydrogens is 240 g/mol. The molecule has 0 aromatic carbocycles. The van der Waals surface area contributed by atoms with E-state index in [1.165, 1.54) is 5.57 Å². The highest BCUT2D eigenvalue weighted by atomic mass is 16.6. The van der Waals surface area contributed by atoms with E-state index in [0.717, 1.165) is 12.8 Å². The van der Waals surface area contributed by atoms with Gasteiger partial charge >= 0.3 is 5.97 Å². The first-order chi connectivity index (χ1) is 8.87. The van der Waals surface area contributed by atoms with Gasteiger partial charge in [-0.1, -0.05) is 32.1 Å². The Morgan fingerprint density at radius 1 is 1.53 bits per heavy atom. The van der Waals surface area contributed by atoms with Crippen molar-refractivity contribution < 1.29 is 14.6 Å². The number of hydrogen-bond donors (Lipinski definition) is 1. The number of fused-ring (bicyclic) bond motifs is 2. The third-order valence-electron chi connectivity index (χ3n) is 5.87. The fourth-order valence-corrected chi connectivity index (χ4v) is 4.48. The molecule has 3 heteroatoms. The van der Waals surface area contributed by atoms with Crippen LogP contribution in [0, 0.1) is 23.2 Å². The quantitative estimate of drug-likeness (QED) is 0.414. The van der Waals surface area contributed by atoms with Crippen LogP contribution in [0.5, 0.6) is 0 Å². The molecule has 1 aliphatic heterocycles. The van der Waals surface area contributed by atoms with Crippen LogP contribution in [-0.2, 0) is 9.53 Å². The number of carbonyl (C=O) groups is 1. The molecule has 6 unspecified atom stereocenters. The van der Waals surface area contributed by atoms with Crippen LogP contribution in [0.4, 0.5) is 0 Å². The van der Waals surface area contributed by atoms with Crippen LogP contribution < -0.4 is 0 Å². The SMILES string of the molecule is C=C1C(=O)OC2CC(C)C3CC=C(C)C3(C)C(O)C12. The Balaban J connectivity index is 2.07. The Labute approximate surface area is 114 Å². The highest BCUT2D eigenvalue weighted by molar-refractivity contribution is 5.91. The summed E-state index contributed by atoms with van der Waals surface area (Å²) in [5.41, 5.74) is 1.44. The molecule has 3 rings (SSSR count). The van der Waals surface area contributed by atoms with E-state index in [9.17, 15) is 9.90 Å². The topological polar surface area (TPSA) is 46.5 Å².